The maximum absolute atomic E-state index is 12.5. The van der Waals surface area contributed by atoms with Crippen LogP contribution in [0.5, 0.6) is 5.75 Å². The highest BCUT2D eigenvalue weighted by Crippen LogP contribution is 2.20. The molecular formula is C21H21ClN4O3S. The van der Waals surface area contributed by atoms with E-state index in [4.69, 9.17) is 16.3 Å². The fraction of sp³-hybridized carbons (Fsp3) is 0.238. The van der Waals surface area contributed by atoms with E-state index in [1.807, 2.05) is 31.2 Å². The van der Waals surface area contributed by atoms with Crippen LogP contribution in [0, 0.1) is 6.92 Å². The number of benzene rings is 1. The van der Waals surface area contributed by atoms with Crippen LogP contribution in [-0.4, -0.2) is 27.6 Å². The topological polar surface area (TPSA) is 86.1 Å². The van der Waals surface area contributed by atoms with Crippen molar-refractivity contribution in [1.29, 1.82) is 0 Å². The number of methoxy groups -OCH3 is 1. The summed E-state index contributed by atoms with van der Waals surface area (Å²) in [5.41, 5.74) is 2.12. The monoisotopic (exact) mass is 444 g/mol. The van der Waals surface area contributed by atoms with Gasteiger partial charge in [-0.3, -0.25) is 9.59 Å². The molecule has 9 heteroatoms. The van der Waals surface area contributed by atoms with Crippen molar-refractivity contribution in [2.24, 2.45) is 0 Å². The lowest BCUT2D eigenvalue weighted by atomic mass is 10.2. The first-order chi connectivity index (χ1) is 14.5. The predicted molar refractivity (Wildman–Crippen MR) is 117 cm³/mol. The first-order valence-electron chi connectivity index (χ1n) is 9.16. The molecule has 7 nitrogen and oxygen atoms in total. The Bertz CT molecular complexity index is 1100. The number of thioether (sulfide) groups is 1. The third-order valence-electron chi connectivity index (χ3n) is 4.27. The van der Waals surface area contributed by atoms with Crippen molar-refractivity contribution in [3.8, 4) is 5.75 Å². The summed E-state index contributed by atoms with van der Waals surface area (Å²) < 4.78 is 6.83. The number of ether oxygens (including phenoxy) is 1. The van der Waals surface area contributed by atoms with Gasteiger partial charge in [0.2, 0.25) is 11.3 Å². The molecule has 0 saturated carbocycles. The molecule has 0 unspecified atom stereocenters. The van der Waals surface area contributed by atoms with Crippen LogP contribution in [0.4, 0.5) is 0 Å². The van der Waals surface area contributed by atoms with E-state index in [0.29, 0.717) is 28.2 Å². The van der Waals surface area contributed by atoms with E-state index in [-0.39, 0.29) is 23.6 Å². The zero-order valence-corrected chi connectivity index (χ0v) is 18.2. The maximum atomic E-state index is 12.5. The molecule has 1 amide bonds. The molecule has 0 fully saturated rings. The van der Waals surface area contributed by atoms with Gasteiger partial charge in [0.05, 0.1) is 13.3 Å². The van der Waals surface area contributed by atoms with Gasteiger partial charge in [-0.15, -0.1) is 0 Å². The minimum Gasteiger partial charge on any atom is -0.491 e. The van der Waals surface area contributed by atoms with Gasteiger partial charge in [0.25, 0.3) is 0 Å². The molecule has 2 aromatic heterocycles. The van der Waals surface area contributed by atoms with Gasteiger partial charge >= 0.3 is 0 Å². The first kappa shape index (κ1) is 21.9. The molecule has 3 aromatic rings. The van der Waals surface area contributed by atoms with Crippen molar-refractivity contribution in [3.05, 3.63) is 81.0 Å². The molecule has 0 saturated heterocycles. The van der Waals surface area contributed by atoms with Gasteiger partial charge in [0.1, 0.15) is 6.54 Å². The molecule has 3 rings (SSSR count). The van der Waals surface area contributed by atoms with Crippen LogP contribution in [0.15, 0.2) is 58.7 Å². The summed E-state index contributed by atoms with van der Waals surface area (Å²) in [7, 11) is 1.42. The van der Waals surface area contributed by atoms with E-state index >= 15 is 0 Å². The van der Waals surface area contributed by atoms with Crippen LogP contribution in [0.25, 0.3) is 0 Å². The lowest BCUT2D eigenvalue weighted by Crippen LogP contribution is -2.29. The zero-order chi connectivity index (χ0) is 21.5. The molecule has 1 N–H and O–H groups in total. The summed E-state index contributed by atoms with van der Waals surface area (Å²) in [5.74, 6) is 0.397. The lowest BCUT2D eigenvalue weighted by molar-refractivity contribution is -0.121. The third-order valence-corrected chi connectivity index (χ3v) is 5.54. The molecule has 0 aliphatic carbocycles. The normalized spacial score (nSPS) is 10.6. The van der Waals surface area contributed by atoms with Crippen LogP contribution < -0.4 is 15.5 Å². The van der Waals surface area contributed by atoms with Gasteiger partial charge in [0.15, 0.2) is 10.9 Å². The van der Waals surface area contributed by atoms with E-state index in [1.165, 1.54) is 24.9 Å². The summed E-state index contributed by atoms with van der Waals surface area (Å²) in [6.45, 7) is 2.24. The number of hydrogen-bond acceptors (Lipinski definition) is 6. The number of aromatic nitrogens is 3. The Hall–Kier alpha value is -2.84. The third kappa shape index (κ3) is 5.84. The smallest absolute Gasteiger partial charge is 0.240 e. The van der Waals surface area contributed by atoms with Crippen molar-refractivity contribution in [2.75, 3.05) is 7.11 Å². The number of halogens is 1. The van der Waals surface area contributed by atoms with Crippen molar-refractivity contribution in [1.82, 2.24) is 19.9 Å². The molecule has 0 radical (unpaired) electrons. The Kier molecular flexibility index (Phi) is 7.48. The molecule has 0 aliphatic rings. The fourth-order valence-corrected chi connectivity index (χ4v) is 3.77. The van der Waals surface area contributed by atoms with Gasteiger partial charge in [-0.2, -0.15) is 0 Å². The number of amides is 1. The van der Waals surface area contributed by atoms with Crippen LogP contribution in [0.1, 0.15) is 17.0 Å². The van der Waals surface area contributed by atoms with Gasteiger partial charge in [-0.1, -0.05) is 41.6 Å². The number of nitrogens with zero attached hydrogens (tertiary/aromatic N) is 3. The number of aryl methyl sites for hydroxylation is 1. The van der Waals surface area contributed by atoms with E-state index in [1.54, 1.807) is 23.0 Å². The van der Waals surface area contributed by atoms with E-state index in [2.05, 4.69) is 15.3 Å². The van der Waals surface area contributed by atoms with Crippen LogP contribution in [-0.2, 0) is 23.6 Å². The highest BCUT2D eigenvalue weighted by molar-refractivity contribution is 7.98. The van der Waals surface area contributed by atoms with Crippen LogP contribution in [0.3, 0.4) is 0 Å². The van der Waals surface area contributed by atoms with E-state index in [9.17, 15) is 9.59 Å². The van der Waals surface area contributed by atoms with Crippen molar-refractivity contribution >= 4 is 29.3 Å². The number of rotatable bonds is 8. The number of carbonyl (C=O) groups excluding carboxylic acids is 1. The van der Waals surface area contributed by atoms with Gasteiger partial charge in [-0.25, -0.2) is 9.97 Å². The second-order valence-electron chi connectivity index (χ2n) is 6.46. The molecule has 0 spiro atoms. The summed E-state index contributed by atoms with van der Waals surface area (Å²) in [5, 5.41) is 4.05. The Balaban J connectivity index is 1.73. The fourth-order valence-electron chi connectivity index (χ4n) is 2.70. The van der Waals surface area contributed by atoms with Gasteiger partial charge in [0, 0.05) is 41.0 Å². The zero-order valence-electron chi connectivity index (χ0n) is 16.6. The Morgan fingerprint density at radius 2 is 2.10 bits per heavy atom. The first-order valence-corrected chi connectivity index (χ1v) is 10.5. The van der Waals surface area contributed by atoms with E-state index < -0.39 is 0 Å². The SMILES string of the molecule is COc1cn(CC(=O)NCc2ccccc2Cl)c(CSc2nccc(C)n2)cc1=O. The Morgan fingerprint density at radius 1 is 1.30 bits per heavy atom. The molecule has 30 heavy (non-hydrogen) atoms. The van der Waals surface area contributed by atoms with Gasteiger partial charge < -0.3 is 14.6 Å². The van der Waals surface area contributed by atoms with Crippen molar-refractivity contribution in [2.45, 2.75) is 30.9 Å². The molecule has 0 aliphatic heterocycles. The highest BCUT2D eigenvalue weighted by Gasteiger charge is 2.12. The summed E-state index contributed by atoms with van der Waals surface area (Å²) in [6.07, 6.45) is 3.23. The van der Waals surface area contributed by atoms with E-state index in [0.717, 1.165) is 11.3 Å². The maximum Gasteiger partial charge on any atom is 0.240 e. The minimum absolute atomic E-state index is 0.0334. The average Bonchev–Trinajstić information content (AvgIpc) is 2.73. The minimum atomic E-state index is -0.244. The standard InChI is InChI=1S/C21H21ClN4O3S/c1-14-7-8-23-21(25-14)30-13-16-9-18(27)19(29-2)11-26(16)12-20(28)24-10-15-5-3-4-6-17(15)22/h3-9,11H,10,12-13H2,1-2H3,(H,24,28). The number of carbonyl (C=O) groups is 1. The molecule has 1 aromatic carbocycles. The number of pyridine rings is 1. The molecule has 2 heterocycles. The Labute approximate surface area is 183 Å². The van der Waals surface area contributed by atoms with Crippen molar-refractivity contribution in [3.63, 3.8) is 0 Å². The van der Waals surface area contributed by atoms with Crippen molar-refractivity contribution < 1.29 is 9.53 Å². The number of nitrogens with one attached hydrogen (secondary N) is 1. The second-order valence-corrected chi connectivity index (χ2v) is 7.81. The second kappa shape index (κ2) is 10.3. The average molecular weight is 445 g/mol. The molecule has 0 bridgehead atoms. The van der Waals surface area contributed by atoms with Crippen LogP contribution >= 0.6 is 23.4 Å². The largest absolute Gasteiger partial charge is 0.491 e. The quantitative estimate of drug-likeness (QED) is 0.424. The number of hydrogen-bond donors (Lipinski definition) is 1. The van der Waals surface area contributed by atoms with Gasteiger partial charge in [-0.05, 0) is 24.6 Å². The summed E-state index contributed by atoms with van der Waals surface area (Å²) in [4.78, 5) is 33.3. The predicted octanol–water partition coefficient (Wildman–Crippen LogP) is 3.22. The summed E-state index contributed by atoms with van der Waals surface area (Å²) in [6, 6.07) is 10.6. The summed E-state index contributed by atoms with van der Waals surface area (Å²) >= 11 is 7.53. The molecule has 156 valence electrons. The molecular weight excluding hydrogens is 424 g/mol. The highest BCUT2D eigenvalue weighted by atomic mass is 35.5. The molecule has 0 atom stereocenters. The Morgan fingerprint density at radius 3 is 2.83 bits per heavy atom. The lowest BCUT2D eigenvalue weighted by Gasteiger charge is -2.15. The van der Waals surface area contributed by atoms with Crippen LogP contribution in [0.2, 0.25) is 5.02 Å².